The Hall–Kier alpha value is -1.31. The van der Waals surface area contributed by atoms with Crippen LogP contribution in [0.25, 0.3) is 0 Å². The van der Waals surface area contributed by atoms with Gasteiger partial charge >= 0.3 is 11.8 Å². The van der Waals surface area contributed by atoms with Gasteiger partial charge in [-0.05, 0) is 25.5 Å². The van der Waals surface area contributed by atoms with Crippen LogP contribution in [-0.4, -0.2) is 49.2 Å². The standard InChI is InChI=1S/C14H16Cl2N2O4S/c1-2-18(9-6-7-23(21,22)8-9)14(20)13(19)17-11-5-3-4-10(15)12(11)16/h3-5,9H,2,6-8H2,1H3,(H,17,19). The van der Waals surface area contributed by atoms with Crippen LogP contribution in [-0.2, 0) is 19.4 Å². The molecule has 1 aromatic rings. The lowest BCUT2D eigenvalue weighted by Gasteiger charge is -2.26. The average molecular weight is 379 g/mol. The molecule has 2 amide bonds. The van der Waals surface area contributed by atoms with Crippen molar-refractivity contribution in [3.8, 4) is 0 Å². The molecule has 0 radical (unpaired) electrons. The minimum absolute atomic E-state index is 0.0309. The van der Waals surface area contributed by atoms with Gasteiger partial charge in [0, 0.05) is 12.6 Å². The minimum atomic E-state index is -3.15. The topological polar surface area (TPSA) is 83.6 Å². The lowest BCUT2D eigenvalue weighted by atomic mass is 10.2. The zero-order valence-electron chi connectivity index (χ0n) is 12.4. The van der Waals surface area contributed by atoms with E-state index in [-0.39, 0.29) is 33.8 Å². The largest absolute Gasteiger partial charge is 0.331 e. The molecule has 2 rings (SSSR count). The second-order valence-corrected chi connectivity index (χ2v) is 8.22. The Morgan fingerprint density at radius 1 is 1.35 bits per heavy atom. The summed E-state index contributed by atoms with van der Waals surface area (Å²) >= 11 is 11.8. The first-order valence-electron chi connectivity index (χ1n) is 7.01. The minimum Gasteiger partial charge on any atom is -0.331 e. The molecule has 1 atom stereocenters. The summed E-state index contributed by atoms with van der Waals surface area (Å²) in [7, 11) is -3.15. The summed E-state index contributed by atoms with van der Waals surface area (Å²) < 4.78 is 23.1. The third-order valence-corrected chi connectivity index (χ3v) is 6.21. The third-order valence-electron chi connectivity index (χ3n) is 3.64. The Bertz CT molecular complexity index is 736. The van der Waals surface area contributed by atoms with E-state index in [4.69, 9.17) is 23.2 Å². The van der Waals surface area contributed by atoms with Crippen molar-refractivity contribution in [2.45, 2.75) is 19.4 Å². The Labute approximate surface area is 144 Å². The fourth-order valence-electron chi connectivity index (χ4n) is 2.50. The van der Waals surface area contributed by atoms with Gasteiger partial charge < -0.3 is 10.2 Å². The lowest BCUT2D eigenvalue weighted by Crippen LogP contribution is -2.46. The molecule has 0 spiro atoms. The number of anilines is 1. The second kappa shape index (κ2) is 7.07. The first kappa shape index (κ1) is 18.0. The highest BCUT2D eigenvalue weighted by Crippen LogP contribution is 2.29. The fraction of sp³-hybridized carbons (Fsp3) is 0.429. The van der Waals surface area contributed by atoms with Crippen LogP contribution in [0.5, 0.6) is 0 Å². The van der Waals surface area contributed by atoms with Gasteiger partial charge in [0.2, 0.25) is 0 Å². The molecule has 1 heterocycles. The van der Waals surface area contributed by atoms with Crippen molar-refractivity contribution in [2.75, 3.05) is 23.4 Å². The van der Waals surface area contributed by atoms with Crippen molar-refractivity contribution in [2.24, 2.45) is 0 Å². The molecule has 0 bridgehead atoms. The van der Waals surface area contributed by atoms with Gasteiger partial charge in [-0.25, -0.2) is 8.42 Å². The van der Waals surface area contributed by atoms with Crippen molar-refractivity contribution in [3.63, 3.8) is 0 Å². The maximum Gasteiger partial charge on any atom is 0.313 e. The maximum absolute atomic E-state index is 12.3. The van der Waals surface area contributed by atoms with Gasteiger partial charge in [0.05, 0.1) is 27.2 Å². The quantitative estimate of drug-likeness (QED) is 0.814. The number of hydrogen-bond acceptors (Lipinski definition) is 4. The van der Waals surface area contributed by atoms with Crippen LogP contribution in [0.4, 0.5) is 5.69 Å². The molecule has 1 aliphatic heterocycles. The van der Waals surface area contributed by atoms with E-state index in [0.717, 1.165) is 0 Å². The van der Waals surface area contributed by atoms with Crippen LogP contribution in [0.3, 0.4) is 0 Å². The van der Waals surface area contributed by atoms with Gasteiger partial charge in [-0.3, -0.25) is 9.59 Å². The van der Waals surface area contributed by atoms with Crippen molar-refractivity contribution < 1.29 is 18.0 Å². The summed E-state index contributed by atoms with van der Waals surface area (Å²) in [4.78, 5) is 25.7. The van der Waals surface area contributed by atoms with Crippen LogP contribution in [0.15, 0.2) is 18.2 Å². The second-order valence-electron chi connectivity index (χ2n) is 5.20. The van der Waals surface area contributed by atoms with Gasteiger partial charge in [-0.2, -0.15) is 0 Å². The number of nitrogens with one attached hydrogen (secondary N) is 1. The average Bonchev–Trinajstić information content (AvgIpc) is 2.84. The molecular weight excluding hydrogens is 363 g/mol. The molecule has 6 nitrogen and oxygen atoms in total. The number of hydrogen-bond donors (Lipinski definition) is 1. The Morgan fingerprint density at radius 2 is 2.04 bits per heavy atom. The normalized spacial score (nSPS) is 19.3. The maximum atomic E-state index is 12.3. The molecule has 1 saturated heterocycles. The van der Waals surface area contributed by atoms with Gasteiger partial charge in [0.15, 0.2) is 9.84 Å². The van der Waals surface area contributed by atoms with E-state index in [1.165, 1.54) is 11.0 Å². The highest BCUT2D eigenvalue weighted by Gasteiger charge is 2.36. The van der Waals surface area contributed by atoms with E-state index >= 15 is 0 Å². The summed E-state index contributed by atoms with van der Waals surface area (Å²) in [6.45, 7) is 1.94. The molecule has 1 aliphatic rings. The molecule has 126 valence electrons. The van der Waals surface area contributed by atoms with Crippen molar-refractivity contribution in [1.29, 1.82) is 0 Å². The van der Waals surface area contributed by atoms with Crippen LogP contribution in [0, 0.1) is 0 Å². The van der Waals surface area contributed by atoms with Gasteiger partial charge in [0.1, 0.15) is 0 Å². The highest BCUT2D eigenvalue weighted by molar-refractivity contribution is 7.91. The molecule has 9 heteroatoms. The Morgan fingerprint density at radius 3 is 2.61 bits per heavy atom. The summed E-state index contributed by atoms with van der Waals surface area (Å²) in [5, 5.41) is 2.81. The van der Waals surface area contributed by atoms with Crippen LogP contribution in [0.1, 0.15) is 13.3 Å². The molecule has 1 aromatic carbocycles. The molecule has 0 aliphatic carbocycles. The first-order chi connectivity index (χ1) is 10.7. The van der Waals surface area contributed by atoms with Crippen molar-refractivity contribution in [1.82, 2.24) is 4.90 Å². The van der Waals surface area contributed by atoms with Gasteiger partial charge in [-0.15, -0.1) is 0 Å². The summed E-state index contributed by atoms with van der Waals surface area (Å²) in [5.74, 6) is -1.74. The Balaban J connectivity index is 2.12. The number of carbonyl (C=O) groups is 2. The van der Waals surface area contributed by atoms with Gasteiger partial charge in [-0.1, -0.05) is 29.3 Å². The molecule has 23 heavy (non-hydrogen) atoms. The predicted molar refractivity (Wildman–Crippen MR) is 89.5 cm³/mol. The number of nitrogens with zero attached hydrogens (tertiary/aromatic N) is 1. The Kier molecular flexibility index (Phi) is 5.54. The van der Waals surface area contributed by atoms with E-state index < -0.39 is 27.7 Å². The van der Waals surface area contributed by atoms with Crippen LogP contribution in [0.2, 0.25) is 10.0 Å². The number of sulfone groups is 1. The smallest absolute Gasteiger partial charge is 0.313 e. The SMILES string of the molecule is CCN(C(=O)C(=O)Nc1cccc(Cl)c1Cl)C1CCS(=O)(=O)C1. The number of amides is 2. The lowest BCUT2D eigenvalue weighted by molar-refractivity contribution is -0.144. The molecular formula is C14H16Cl2N2O4S. The zero-order valence-corrected chi connectivity index (χ0v) is 14.7. The van der Waals surface area contributed by atoms with E-state index in [9.17, 15) is 18.0 Å². The molecule has 0 saturated carbocycles. The number of rotatable bonds is 3. The molecule has 1 N–H and O–H groups in total. The number of likely N-dealkylation sites (N-methyl/N-ethyl adjacent to an activating group) is 1. The van der Waals surface area contributed by atoms with Gasteiger partial charge in [0.25, 0.3) is 0 Å². The van der Waals surface area contributed by atoms with Crippen LogP contribution >= 0.6 is 23.2 Å². The van der Waals surface area contributed by atoms with E-state index in [1.54, 1.807) is 19.1 Å². The summed E-state index contributed by atoms with van der Waals surface area (Å²) in [6.07, 6.45) is 0.340. The number of benzene rings is 1. The monoisotopic (exact) mass is 378 g/mol. The molecule has 0 aromatic heterocycles. The van der Waals surface area contributed by atoms with Crippen molar-refractivity contribution >= 4 is 50.5 Å². The molecule has 1 unspecified atom stereocenters. The number of halogens is 2. The predicted octanol–water partition coefficient (Wildman–Crippen LogP) is 1.97. The fourth-order valence-corrected chi connectivity index (χ4v) is 4.57. The summed E-state index contributed by atoms with van der Waals surface area (Å²) in [5.41, 5.74) is 0.229. The first-order valence-corrected chi connectivity index (χ1v) is 9.59. The van der Waals surface area contributed by atoms with E-state index in [0.29, 0.717) is 6.42 Å². The zero-order chi connectivity index (χ0) is 17.2. The van der Waals surface area contributed by atoms with Crippen LogP contribution < -0.4 is 5.32 Å². The van der Waals surface area contributed by atoms with E-state index in [2.05, 4.69) is 5.32 Å². The number of carbonyl (C=O) groups excluding carboxylic acids is 2. The van der Waals surface area contributed by atoms with E-state index in [1.807, 2.05) is 0 Å². The highest BCUT2D eigenvalue weighted by atomic mass is 35.5. The summed E-state index contributed by atoms with van der Waals surface area (Å²) in [6, 6.07) is 4.20. The third kappa shape index (κ3) is 4.16. The molecule has 1 fully saturated rings. The van der Waals surface area contributed by atoms with Crippen molar-refractivity contribution in [3.05, 3.63) is 28.2 Å².